The molecule has 0 aliphatic heterocycles. The monoisotopic (exact) mass is 623 g/mol. The van der Waals surface area contributed by atoms with Gasteiger partial charge < -0.3 is 10.1 Å². The standard InChI is InChI=1S/C23H13Br2Cl2N3O4/c24-18-8-14(6-15(11-28)23(31)29-16-4-5-20(26)21(27)10-16)9-19(25)22(18)34-12-13-2-1-3-17(7-13)30(32)33/h1-10H,12H2,(H,29,31)/b15-6+. The Hall–Kier alpha value is -2.90. The quantitative estimate of drug-likeness (QED) is 0.126. The number of nitrogens with zero attached hydrogens (tertiary/aromatic N) is 2. The zero-order valence-electron chi connectivity index (χ0n) is 17.0. The van der Waals surface area contributed by atoms with Crippen LogP contribution in [0.1, 0.15) is 11.1 Å². The van der Waals surface area contributed by atoms with Crippen molar-refractivity contribution in [3.8, 4) is 11.8 Å². The Morgan fingerprint density at radius 1 is 1.12 bits per heavy atom. The first-order chi connectivity index (χ1) is 16.2. The van der Waals surface area contributed by atoms with Crippen molar-refractivity contribution in [3.63, 3.8) is 0 Å². The summed E-state index contributed by atoms with van der Waals surface area (Å²) in [5.74, 6) is -0.151. The van der Waals surface area contributed by atoms with Gasteiger partial charge in [0, 0.05) is 17.8 Å². The van der Waals surface area contributed by atoms with E-state index in [1.807, 2.05) is 6.07 Å². The number of carbonyl (C=O) groups is 1. The molecular weight excluding hydrogens is 613 g/mol. The largest absolute Gasteiger partial charge is 0.487 e. The number of hydrogen-bond acceptors (Lipinski definition) is 5. The third kappa shape index (κ3) is 6.58. The molecule has 0 radical (unpaired) electrons. The summed E-state index contributed by atoms with van der Waals surface area (Å²) >= 11 is 18.7. The van der Waals surface area contributed by atoms with Gasteiger partial charge in [0.15, 0.2) is 0 Å². The first-order valence-electron chi connectivity index (χ1n) is 9.41. The second-order valence-corrected chi connectivity index (χ2v) is 9.31. The van der Waals surface area contributed by atoms with Gasteiger partial charge in [-0.25, -0.2) is 0 Å². The van der Waals surface area contributed by atoms with Crippen LogP contribution in [0.15, 0.2) is 69.1 Å². The fraction of sp³-hybridized carbons (Fsp3) is 0.0435. The number of amides is 1. The highest BCUT2D eigenvalue weighted by Crippen LogP contribution is 2.36. The molecule has 34 heavy (non-hydrogen) atoms. The highest BCUT2D eigenvalue weighted by molar-refractivity contribution is 9.11. The van der Waals surface area contributed by atoms with E-state index in [9.17, 15) is 20.2 Å². The fourth-order valence-electron chi connectivity index (χ4n) is 2.80. The van der Waals surface area contributed by atoms with E-state index in [1.165, 1.54) is 30.3 Å². The van der Waals surface area contributed by atoms with Gasteiger partial charge >= 0.3 is 0 Å². The number of ether oxygens (including phenoxy) is 1. The van der Waals surface area contributed by atoms with E-state index in [-0.39, 0.29) is 22.9 Å². The van der Waals surface area contributed by atoms with E-state index < -0.39 is 10.8 Å². The minimum atomic E-state index is -0.612. The summed E-state index contributed by atoms with van der Waals surface area (Å²) in [5.41, 5.74) is 1.43. The van der Waals surface area contributed by atoms with Crippen molar-refractivity contribution >= 4 is 78.4 Å². The third-order valence-corrected chi connectivity index (χ3v) is 6.30. The van der Waals surface area contributed by atoms with Crippen LogP contribution in [0.2, 0.25) is 10.0 Å². The molecule has 0 aliphatic carbocycles. The third-order valence-electron chi connectivity index (χ3n) is 4.38. The van der Waals surface area contributed by atoms with Crippen LogP contribution in [0.25, 0.3) is 6.08 Å². The van der Waals surface area contributed by atoms with Crippen LogP contribution >= 0.6 is 55.1 Å². The molecule has 0 saturated carbocycles. The Morgan fingerprint density at radius 3 is 2.44 bits per heavy atom. The summed E-state index contributed by atoms with van der Waals surface area (Å²) in [6, 6.07) is 16.0. The van der Waals surface area contributed by atoms with E-state index in [0.29, 0.717) is 36.5 Å². The first kappa shape index (κ1) is 25.7. The van der Waals surface area contributed by atoms with Crippen molar-refractivity contribution in [2.75, 3.05) is 5.32 Å². The summed E-state index contributed by atoms with van der Waals surface area (Å²) in [5, 5.41) is 23.6. The SMILES string of the molecule is N#C/C(=C\c1cc(Br)c(OCc2cccc([N+](=O)[O-])c2)c(Br)c1)C(=O)Nc1ccc(Cl)c(Cl)c1. The smallest absolute Gasteiger partial charge is 0.269 e. The second kappa shape index (κ2) is 11.5. The van der Waals surface area contributed by atoms with Crippen molar-refractivity contribution in [2.24, 2.45) is 0 Å². The summed E-state index contributed by atoms with van der Waals surface area (Å²) in [4.78, 5) is 23.0. The molecule has 7 nitrogen and oxygen atoms in total. The molecule has 3 aromatic carbocycles. The summed E-state index contributed by atoms with van der Waals surface area (Å²) in [6.07, 6.45) is 1.42. The molecule has 1 N–H and O–H groups in total. The molecule has 3 rings (SSSR count). The molecule has 0 fully saturated rings. The van der Waals surface area contributed by atoms with Gasteiger partial charge in [0.25, 0.3) is 11.6 Å². The molecule has 0 bridgehead atoms. The minimum Gasteiger partial charge on any atom is -0.487 e. The number of anilines is 1. The van der Waals surface area contributed by atoms with Gasteiger partial charge in [-0.3, -0.25) is 14.9 Å². The van der Waals surface area contributed by atoms with Crippen molar-refractivity contribution < 1.29 is 14.5 Å². The topological polar surface area (TPSA) is 105 Å². The van der Waals surface area contributed by atoms with Gasteiger partial charge in [-0.15, -0.1) is 0 Å². The predicted molar refractivity (Wildman–Crippen MR) is 138 cm³/mol. The van der Waals surface area contributed by atoms with E-state index in [4.69, 9.17) is 27.9 Å². The number of nitro groups is 1. The number of nitrogens with one attached hydrogen (secondary N) is 1. The maximum absolute atomic E-state index is 12.5. The minimum absolute atomic E-state index is 0.0251. The van der Waals surface area contributed by atoms with Gasteiger partial charge in [0.2, 0.25) is 0 Å². The number of carbonyl (C=O) groups excluding carboxylic acids is 1. The van der Waals surface area contributed by atoms with E-state index in [0.717, 1.165) is 0 Å². The Balaban J connectivity index is 1.77. The van der Waals surface area contributed by atoms with Crippen LogP contribution in [0.3, 0.4) is 0 Å². The lowest BCUT2D eigenvalue weighted by molar-refractivity contribution is -0.384. The molecular formula is C23H13Br2Cl2N3O4. The lowest BCUT2D eigenvalue weighted by Crippen LogP contribution is -2.13. The van der Waals surface area contributed by atoms with Crippen LogP contribution in [0.5, 0.6) is 5.75 Å². The second-order valence-electron chi connectivity index (χ2n) is 6.78. The molecule has 0 atom stereocenters. The zero-order chi connectivity index (χ0) is 24.8. The van der Waals surface area contributed by atoms with Crippen LogP contribution in [-0.2, 0) is 11.4 Å². The average Bonchev–Trinajstić information content (AvgIpc) is 2.79. The van der Waals surface area contributed by atoms with Crippen molar-refractivity contribution in [3.05, 3.63) is 100 Å². The number of nitriles is 1. The van der Waals surface area contributed by atoms with Crippen molar-refractivity contribution in [2.45, 2.75) is 6.61 Å². The van der Waals surface area contributed by atoms with Crippen molar-refractivity contribution in [1.82, 2.24) is 0 Å². The van der Waals surface area contributed by atoms with Crippen LogP contribution < -0.4 is 10.1 Å². The number of non-ortho nitro benzene ring substituents is 1. The van der Waals surface area contributed by atoms with Crippen LogP contribution in [0.4, 0.5) is 11.4 Å². The Labute approximate surface area is 221 Å². The first-order valence-corrected chi connectivity index (χ1v) is 11.8. The van der Waals surface area contributed by atoms with E-state index >= 15 is 0 Å². The lowest BCUT2D eigenvalue weighted by atomic mass is 10.1. The molecule has 0 aliphatic rings. The molecule has 0 unspecified atom stereocenters. The van der Waals surface area contributed by atoms with Crippen LogP contribution in [-0.4, -0.2) is 10.8 Å². The number of nitro benzene ring substituents is 1. The van der Waals surface area contributed by atoms with Gasteiger partial charge in [0.1, 0.15) is 24.0 Å². The summed E-state index contributed by atoms with van der Waals surface area (Å²) in [7, 11) is 0. The lowest BCUT2D eigenvalue weighted by Gasteiger charge is -2.12. The predicted octanol–water partition coefficient (Wildman–Crippen LogP) is 7.55. The molecule has 0 heterocycles. The maximum Gasteiger partial charge on any atom is 0.269 e. The normalized spacial score (nSPS) is 11.0. The van der Waals surface area contributed by atoms with Crippen molar-refractivity contribution in [1.29, 1.82) is 5.26 Å². The number of halogens is 4. The number of rotatable bonds is 7. The summed E-state index contributed by atoms with van der Waals surface area (Å²) in [6.45, 7) is 0.101. The molecule has 172 valence electrons. The Kier molecular flexibility index (Phi) is 8.69. The highest BCUT2D eigenvalue weighted by Gasteiger charge is 2.14. The maximum atomic E-state index is 12.5. The molecule has 0 aromatic heterocycles. The van der Waals surface area contributed by atoms with Gasteiger partial charge in [-0.2, -0.15) is 5.26 Å². The number of benzene rings is 3. The van der Waals surface area contributed by atoms with Crippen LogP contribution in [0, 0.1) is 21.4 Å². The molecule has 1 amide bonds. The average molecular weight is 626 g/mol. The van der Waals surface area contributed by atoms with Gasteiger partial charge in [-0.05, 0) is 79.4 Å². The number of hydrogen-bond donors (Lipinski definition) is 1. The Morgan fingerprint density at radius 2 is 1.82 bits per heavy atom. The Bertz CT molecular complexity index is 1330. The van der Waals surface area contributed by atoms with Gasteiger partial charge in [-0.1, -0.05) is 35.3 Å². The van der Waals surface area contributed by atoms with E-state index in [1.54, 1.807) is 30.3 Å². The molecule has 3 aromatic rings. The summed E-state index contributed by atoms with van der Waals surface area (Å²) < 4.78 is 6.93. The fourth-order valence-corrected chi connectivity index (χ4v) is 4.55. The molecule has 0 spiro atoms. The van der Waals surface area contributed by atoms with Gasteiger partial charge in [0.05, 0.1) is 23.9 Å². The highest BCUT2D eigenvalue weighted by atomic mass is 79.9. The molecule has 11 heteroatoms. The van der Waals surface area contributed by atoms with E-state index in [2.05, 4.69) is 37.2 Å². The zero-order valence-corrected chi connectivity index (χ0v) is 21.7. The molecule has 0 saturated heterocycles.